The Morgan fingerprint density at radius 2 is 0.404 bits per heavy atom. The Morgan fingerprint density at radius 1 is 0.192 bits per heavy atom. The van der Waals surface area contributed by atoms with Crippen molar-refractivity contribution in [3.63, 3.8) is 0 Å². The predicted octanol–water partition coefficient (Wildman–Crippen LogP) is 24.7. The summed E-state index contributed by atoms with van der Waals surface area (Å²) in [7, 11) is 0. The molecular formula is C97H70N6O. The number of imidazole rings is 1. The molecule has 0 spiro atoms. The quantitative estimate of drug-likeness (QED) is 0.107. The Bertz CT molecular complexity index is 5960. The zero-order valence-electron chi connectivity index (χ0n) is 57.8. The first kappa shape index (κ1) is 60.7. The van der Waals surface area contributed by atoms with Crippen molar-refractivity contribution in [1.82, 2.24) is 27.4 Å². The van der Waals surface area contributed by atoms with Crippen molar-refractivity contribution < 1.29 is 0 Å². The van der Waals surface area contributed by atoms with Crippen molar-refractivity contribution in [2.45, 2.75) is 39.5 Å². The van der Waals surface area contributed by atoms with Gasteiger partial charge in [-0.25, -0.2) is 4.79 Å². The van der Waals surface area contributed by atoms with E-state index in [9.17, 15) is 0 Å². The number of aromatic nitrogens is 6. The van der Waals surface area contributed by atoms with Gasteiger partial charge >= 0.3 is 5.69 Å². The second-order valence-corrected chi connectivity index (χ2v) is 27.8. The van der Waals surface area contributed by atoms with Gasteiger partial charge in [0, 0.05) is 65.8 Å². The molecule has 0 aliphatic heterocycles. The van der Waals surface area contributed by atoms with E-state index < -0.39 is 0 Å². The van der Waals surface area contributed by atoms with Gasteiger partial charge in [0.1, 0.15) is 0 Å². The smallest absolute Gasteiger partial charge is 0.309 e. The SMILES string of the molecule is CCCc1cc2c(cc1CCC)n(-c1cc(-c3cccc(-n4c5ccccc5c5ccccc54)c3)cc(-c3cccc(-n4c5ccccc5c5ccccc54)c3)c1)c(=O)n2-c1cc(-c2cccc(-n3c4ccccc4c4ccccc43)c2)cc(-c2cccc(-n3c4ccccc4c4ccccc43)c2)c1. The molecule has 0 radical (unpaired) electrons. The van der Waals surface area contributed by atoms with Crippen LogP contribution in [0.25, 0.3) is 177 Å². The third-order valence-electron chi connectivity index (χ3n) is 21.6. The third-order valence-corrected chi connectivity index (χ3v) is 21.6. The Hall–Kier alpha value is -13.2. The number of para-hydroxylation sites is 8. The van der Waals surface area contributed by atoms with E-state index in [1.807, 2.05) is 9.13 Å². The van der Waals surface area contributed by atoms with Crippen LogP contribution in [0.5, 0.6) is 0 Å². The Kier molecular flexibility index (Phi) is 14.3. The maximum atomic E-state index is 17.2. The molecule has 20 rings (SSSR count). The molecule has 5 aromatic heterocycles. The highest BCUT2D eigenvalue weighted by Gasteiger charge is 2.24. The molecule has 0 unspecified atom stereocenters. The summed E-state index contributed by atoms with van der Waals surface area (Å²) in [6, 6.07) is 124. The van der Waals surface area contributed by atoms with Crippen LogP contribution < -0.4 is 5.69 Å². The average molecular weight is 1340 g/mol. The lowest BCUT2D eigenvalue weighted by atomic mass is 9.96. The maximum Gasteiger partial charge on any atom is 0.338 e. The number of hydrogen-bond donors (Lipinski definition) is 0. The summed E-state index contributed by atoms with van der Waals surface area (Å²) in [6.07, 6.45) is 3.69. The normalized spacial score (nSPS) is 11.9. The van der Waals surface area contributed by atoms with Gasteiger partial charge in [-0.15, -0.1) is 0 Å². The van der Waals surface area contributed by atoms with E-state index in [4.69, 9.17) is 0 Å². The van der Waals surface area contributed by atoms with E-state index in [1.165, 1.54) is 54.2 Å². The molecule has 0 amide bonds. The van der Waals surface area contributed by atoms with Crippen LogP contribution in [0.3, 0.4) is 0 Å². The summed E-state index contributed by atoms with van der Waals surface area (Å²) in [4.78, 5) is 17.2. The molecule has 5 heterocycles. The van der Waals surface area contributed by atoms with E-state index in [1.54, 1.807) is 0 Å². The Labute approximate surface area is 601 Å². The van der Waals surface area contributed by atoms with Gasteiger partial charge < -0.3 is 18.3 Å². The molecule has 0 saturated heterocycles. The molecule has 0 aliphatic rings. The highest BCUT2D eigenvalue weighted by Crippen LogP contribution is 2.42. The molecule has 0 fully saturated rings. The number of hydrogen-bond acceptors (Lipinski definition) is 1. The maximum absolute atomic E-state index is 17.2. The lowest BCUT2D eigenvalue weighted by Crippen LogP contribution is -2.22. The lowest BCUT2D eigenvalue weighted by Gasteiger charge is -2.15. The van der Waals surface area contributed by atoms with Crippen LogP contribution in [0.2, 0.25) is 0 Å². The first-order valence-electron chi connectivity index (χ1n) is 36.4. The fraction of sp³-hybridized carbons (Fsp3) is 0.0619. The van der Waals surface area contributed by atoms with Gasteiger partial charge in [-0.1, -0.05) is 221 Å². The van der Waals surface area contributed by atoms with Gasteiger partial charge in [0.05, 0.1) is 66.5 Å². The summed E-state index contributed by atoms with van der Waals surface area (Å²) < 4.78 is 13.6. The first-order chi connectivity index (χ1) is 51.4. The number of rotatable bonds is 14. The second kappa shape index (κ2) is 24.5. The highest BCUT2D eigenvalue weighted by molar-refractivity contribution is 6.12. The Balaban J connectivity index is 0.835. The second-order valence-electron chi connectivity index (χ2n) is 27.8. The predicted molar refractivity (Wildman–Crippen MR) is 436 cm³/mol. The van der Waals surface area contributed by atoms with Crippen LogP contribution >= 0.6 is 0 Å². The molecule has 15 aromatic carbocycles. The van der Waals surface area contributed by atoms with Crippen molar-refractivity contribution in [2.75, 3.05) is 0 Å². The van der Waals surface area contributed by atoms with Crippen LogP contribution in [0.15, 0.2) is 345 Å². The molecule has 20 aromatic rings. The van der Waals surface area contributed by atoms with Gasteiger partial charge in [0.2, 0.25) is 0 Å². The van der Waals surface area contributed by atoms with Crippen molar-refractivity contribution >= 4 is 98.3 Å². The molecule has 0 bridgehead atoms. The summed E-state index contributed by atoms with van der Waals surface area (Å²) in [5.41, 5.74) is 27.1. The minimum atomic E-state index is -0.154. The van der Waals surface area contributed by atoms with Crippen molar-refractivity contribution in [1.29, 1.82) is 0 Å². The molecule has 0 saturated carbocycles. The van der Waals surface area contributed by atoms with Crippen LogP contribution in [0, 0.1) is 0 Å². The topological polar surface area (TPSA) is 46.6 Å². The van der Waals surface area contributed by atoms with Gasteiger partial charge in [0.15, 0.2) is 0 Å². The van der Waals surface area contributed by atoms with E-state index >= 15 is 4.79 Å². The largest absolute Gasteiger partial charge is 0.338 e. The monoisotopic (exact) mass is 1330 g/mol. The average Bonchev–Trinajstić information content (AvgIpc) is 1.56. The molecule has 494 valence electrons. The van der Waals surface area contributed by atoms with E-state index in [0.29, 0.717) is 0 Å². The molecule has 0 atom stereocenters. The van der Waals surface area contributed by atoms with Crippen molar-refractivity contribution in [3.05, 3.63) is 361 Å². The molecule has 0 N–H and O–H groups in total. The minimum absolute atomic E-state index is 0.154. The molecule has 104 heavy (non-hydrogen) atoms. The van der Waals surface area contributed by atoms with E-state index in [2.05, 4.69) is 372 Å². The van der Waals surface area contributed by atoms with Crippen LogP contribution in [-0.2, 0) is 12.8 Å². The zero-order chi connectivity index (χ0) is 69.1. The number of nitrogens with zero attached hydrogens (tertiary/aromatic N) is 6. The minimum Gasteiger partial charge on any atom is -0.309 e. The lowest BCUT2D eigenvalue weighted by molar-refractivity contribution is 0.862. The number of aryl methyl sites for hydroxylation is 2. The highest BCUT2D eigenvalue weighted by atomic mass is 16.1. The van der Waals surface area contributed by atoms with E-state index in [-0.39, 0.29) is 5.69 Å². The van der Waals surface area contributed by atoms with E-state index in [0.717, 1.165) is 159 Å². The summed E-state index contributed by atoms with van der Waals surface area (Å²) in [5.74, 6) is 0. The number of benzene rings is 15. The fourth-order valence-electron chi connectivity index (χ4n) is 17.1. The zero-order valence-corrected chi connectivity index (χ0v) is 57.8. The Morgan fingerprint density at radius 3 is 0.625 bits per heavy atom. The molecule has 7 heteroatoms. The van der Waals surface area contributed by atoms with Gasteiger partial charge in [-0.3, -0.25) is 9.13 Å². The van der Waals surface area contributed by atoms with Crippen LogP contribution in [0.1, 0.15) is 37.8 Å². The molecule has 0 aliphatic carbocycles. The van der Waals surface area contributed by atoms with Gasteiger partial charge in [-0.2, -0.15) is 0 Å². The molecular weight excluding hydrogens is 1270 g/mol. The summed E-state index contributed by atoms with van der Waals surface area (Å²) >= 11 is 0. The van der Waals surface area contributed by atoms with Crippen LogP contribution in [-0.4, -0.2) is 27.4 Å². The third kappa shape index (κ3) is 9.75. The summed E-state index contributed by atoms with van der Waals surface area (Å²) in [6.45, 7) is 4.52. The van der Waals surface area contributed by atoms with Gasteiger partial charge in [0.25, 0.3) is 0 Å². The standard InChI is InChI=1S/C97H70N6O/c1-3-25-63-61-95-96(62-64(63)26-4-2)103(78-59-71(67-29-23-33-75(55-67)100-91-47-17-9-39-83(91)84-40-10-18-48-92(84)100)52-72(60-78)68-30-24-34-76(56-68)101-93-49-19-11-41-85(93)86-42-12-20-50-94(86)101)97(104)102(95)77-57-69(65-27-21-31-73(53-65)98-87-43-13-5-35-79(87)80-36-6-14-44-88(80)98)51-70(58-77)66-28-22-32-74(54-66)99-89-45-15-7-37-81(89)82-38-8-16-46-90(82)99/h5-24,27-62H,3-4,25-26H2,1-2H3. The molecule has 7 nitrogen and oxygen atoms in total. The van der Waals surface area contributed by atoms with Crippen molar-refractivity contribution in [3.8, 4) is 78.6 Å². The van der Waals surface area contributed by atoms with Crippen molar-refractivity contribution in [2.24, 2.45) is 0 Å². The van der Waals surface area contributed by atoms with Gasteiger partial charge in [-0.05, 0) is 214 Å². The number of fused-ring (bicyclic) bond motifs is 13. The first-order valence-corrected chi connectivity index (χ1v) is 36.4. The summed E-state index contributed by atoms with van der Waals surface area (Å²) in [5, 5.41) is 9.66. The fourth-order valence-corrected chi connectivity index (χ4v) is 17.1. The van der Waals surface area contributed by atoms with Crippen LogP contribution in [0.4, 0.5) is 0 Å².